The van der Waals surface area contributed by atoms with Gasteiger partial charge in [-0.1, -0.05) is 19.3 Å². The molecule has 0 spiro atoms. The molecule has 1 fully saturated rings. The van der Waals surface area contributed by atoms with Crippen molar-refractivity contribution in [3.63, 3.8) is 0 Å². The number of nitrogens with one attached hydrogen (secondary N) is 1. The first-order chi connectivity index (χ1) is 10.8. The highest BCUT2D eigenvalue weighted by atomic mass is 16.5. The smallest absolute Gasteiger partial charge is 0.224 e. The molecule has 1 aromatic heterocycles. The van der Waals surface area contributed by atoms with E-state index in [0.717, 1.165) is 28.8 Å². The minimum Gasteiger partial charge on any atom is -0.497 e. The van der Waals surface area contributed by atoms with Gasteiger partial charge in [-0.2, -0.15) is 0 Å². The lowest BCUT2D eigenvalue weighted by Gasteiger charge is -2.21. The van der Waals surface area contributed by atoms with Crippen LogP contribution in [0, 0.1) is 5.92 Å². The van der Waals surface area contributed by atoms with Gasteiger partial charge in [0.2, 0.25) is 5.91 Å². The summed E-state index contributed by atoms with van der Waals surface area (Å²) in [7, 11) is 1.63. The number of carbonyl (C=O) groups excluding carboxylic acids is 1. The molecule has 0 saturated heterocycles. The maximum atomic E-state index is 12.1. The molecule has 4 heteroatoms. The Morgan fingerprint density at radius 2 is 2.14 bits per heavy atom. The monoisotopic (exact) mass is 301 g/mol. The Bertz CT molecular complexity index is 641. The fourth-order valence-corrected chi connectivity index (χ4v) is 3.21. The summed E-state index contributed by atoms with van der Waals surface area (Å²) >= 11 is 0. The third-order valence-corrected chi connectivity index (χ3v) is 4.53. The second-order valence-electron chi connectivity index (χ2n) is 6.11. The number of ether oxygens (including phenoxy) is 1. The van der Waals surface area contributed by atoms with Crippen molar-refractivity contribution in [2.45, 2.75) is 38.5 Å². The minimum atomic E-state index is 0.0732. The Morgan fingerprint density at radius 3 is 2.91 bits per heavy atom. The maximum Gasteiger partial charge on any atom is 0.224 e. The number of fused-ring (bicyclic) bond motifs is 1. The average molecular weight is 301 g/mol. The normalized spacial score (nSPS) is 15.9. The largest absolute Gasteiger partial charge is 0.497 e. The van der Waals surface area contributed by atoms with Crippen LogP contribution in [0.15, 0.2) is 28.9 Å². The van der Waals surface area contributed by atoms with Crippen molar-refractivity contribution in [2.24, 2.45) is 5.92 Å². The van der Waals surface area contributed by atoms with Gasteiger partial charge in [0.05, 0.1) is 19.8 Å². The number of rotatable bonds is 5. The molecule has 1 amide bonds. The molecule has 1 aliphatic carbocycles. The van der Waals surface area contributed by atoms with Crippen LogP contribution in [0.2, 0.25) is 0 Å². The van der Waals surface area contributed by atoms with Gasteiger partial charge in [0.1, 0.15) is 11.3 Å². The molecule has 1 aliphatic rings. The third-order valence-electron chi connectivity index (χ3n) is 4.53. The topological polar surface area (TPSA) is 51.5 Å². The zero-order valence-corrected chi connectivity index (χ0v) is 13.1. The van der Waals surface area contributed by atoms with E-state index in [1.165, 1.54) is 32.1 Å². The summed E-state index contributed by atoms with van der Waals surface area (Å²) in [5.41, 5.74) is 1.69. The van der Waals surface area contributed by atoms with Gasteiger partial charge in [0.15, 0.2) is 0 Å². The summed E-state index contributed by atoms with van der Waals surface area (Å²) < 4.78 is 10.7. The number of hydrogen-bond acceptors (Lipinski definition) is 3. The number of amides is 1. The second-order valence-corrected chi connectivity index (χ2v) is 6.11. The standard InChI is InChI=1S/C18H23NO3/c1-21-15-7-8-16-14(12-22-17(16)10-15)9-18(20)19-11-13-5-3-2-4-6-13/h7-8,10,12-13H,2-6,9,11H2,1H3,(H,19,20). The zero-order valence-electron chi connectivity index (χ0n) is 13.1. The molecular formula is C18H23NO3. The molecule has 4 nitrogen and oxygen atoms in total. The van der Waals surface area contributed by atoms with Gasteiger partial charge < -0.3 is 14.5 Å². The van der Waals surface area contributed by atoms with Gasteiger partial charge in [-0.3, -0.25) is 4.79 Å². The fraction of sp³-hybridized carbons (Fsp3) is 0.500. The molecule has 0 bridgehead atoms. The van der Waals surface area contributed by atoms with E-state index in [4.69, 9.17) is 9.15 Å². The molecule has 0 radical (unpaired) electrons. The lowest BCUT2D eigenvalue weighted by atomic mass is 9.89. The van der Waals surface area contributed by atoms with Crippen LogP contribution < -0.4 is 10.1 Å². The zero-order chi connectivity index (χ0) is 15.4. The van der Waals surface area contributed by atoms with Crippen LogP contribution in [0.5, 0.6) is 5.75 Å². The molecule has 1 N–H and O–H groups in total. The summed E-state index contributed by atoms with van der Waals surface area (Å²) in [6.07, 6.45) is 8.47. The van der Waals surface area contributed by atoms with Crippen LogP contribution in [0.4, 0.5) is 0 Å². The van der Waals surface area contributed by atoms with Gasteiger partial charge in [-0.05, 0) is 30.9 Å². The van der Waals surface area contributed by atoms with Crippen LogP contribution in [-0.4, -0.2) is 19.6 Å². The van der Waals surface area contributed by atoms with Gasteiger partial charge >= 0.3 is 0 Å². The molecule has 0 atom stereocenters. The number of furan rings is 1. The van der Waals surface area contributed by atoms with Crippen molar-refractivity contribution in [2.75, 3.05) is 13.7 Å². The summed E-state index contributed by atoms with van der Waals surface area (Å²) in [6, 6.07) is 5.68. The highest BCUT2D eigenvalue weighted by Crippen LogP contribution is 2.26. The summed E-state index contributed by atoms with van der Waals surface area (Å²) in [5.74, 6) is 1.49. The van der Waals surface area contributed by atoms with Crippen molar-refractivity contribution in [1.82, 2.24) is 5.32 Å². The van der Waals surface area contributed by atoms with E-state index in [1.54, 1.807) is 13.4 Å². The summed E-state index contributed by atoms with van der Waals surface area (Å²) in [4.78, 5) is 12.1. The number of methoxy groups -OCH3 is 1. The Labute approximate surface area is 130 Å². The first-order valence-corrected chi connectivity index (χ1v) is 8.07. The van der Waals surface area contributed by atoms with Crippen LogP contribution in [0.1, 0.15) is 37.7 Å². The first kappa shape index (κ1) is 14.9. The van der Waals surface area contributed by atoms with Crippen LogP contribution in [0.3, 0.4) is 0 Å². The van der Waals surface area contributed by atoms with E-state index in [9.17, 15) is 4.79 Å². The highest BCUT2D eigenvalue weighted by Gasteiger charge is 2.15. The van der Waals surface area contributed by atoms with Gasteiger partial charge in [0, 0.05) is 23.6 Å². The lowest BCUT2D eigenvalue weighted by Crippen LogP contribution is -2.31. The van der Waals surface area contributed by atoms with Gasteiger partial charge in [0.25, 0.3) is 0 Å². The number of hydrogen-bond donors (Lipinski definition) is 1. The molecule has 118 valence electrons. The molecule has 1 aromatic carbocycles. The predicted molar refractivity (Wildman–Crippen MR) is 86.1 cm³/mol. The minimum absolute atomic E-state index is 0.0732. The summed E-state index contributed by atoms with van der Waals surface area (Å²) in [6.45, 7) is 0.808. The second kappa shape index (κ2) is 6.86. The number of benzene rings is 1. The third kappa shape index (κ3) is 3.43. The maximum absolute atomic E-state index is 12.1. The lowest BCUT2D eigenvalue weighted by molar-refractivity contribution is -0.120. The van der Waals surface area contributed by atoms with Crippen molar-refractivity contribution in [3.05, 3.63) is 30.0 Å². The molecule has 1 heterocycles. The Morgan fingerprint density at radius 1 is 1.32 bits per heavy atom. The van der Waals surface area contributed by atoms with E-state index in [1.807, 2.05) is 18.2 Å². The quantitative estimate of drug-likeness (QED) is 0.916. The van der Waals surface area contributed by atoms with E-state index < -0.39 is 0 Å². The molecule has 0 unspecified atom stereocenters. The van der Waals surface area contributed by atoms with E-state index >= 15 is 0 Å². The molecule has 3 rings (SSSR count). The Hall–Kier alpha value is -1.97. The molecule has 0 aliphatic heterocycles. The van der Waals surface area contributed by atoms with E-state index in [2.05, 4.69) is 5.32 Å². The highest BCUT2D eigenvalue weighted by molar-refractivity contribution is 5.88. The predicted octanol–water partition coefficient (Wildman–Crippen LogP) is 3.68. The van der Waals surface area contributed by atoms with Gasteiger partial charge in [-0.25, -0.2) is 0 Å². The number of carbonyl (C=O) groups is 1. The van der Waals surface area contributed by atoms with Crippen LogP contribution >= 0.6 is 0 Å². The van der Waals surface area contributed by atoms with Crippen molar-refractivity contribution < 1.29 is 13.9 Å². The molecular weight excluding hydrogens is 278 g/mol. The average Bonchev–Trinajstić information content (AvgIpc) is 2.96. The van der Waals surface area contributed by atoms with Crippen molar-refractivity contribution in [1.29, 1.82) is 0 Å². The van der Waals surface area contributed by atoms with E-state index in [-0.39, 0.29) is 5.91 Å². The first-order valence-electron chi connectivity index (χ1n) is 8.07. The van der Waals surface area contributed by atoms with Gasteiger partial charge in [-0.15, -0.1) is 0 Å². The van der Waals surface area contributed by atoms with Crippen LogP contribution in [0.25, 0.3) is 11.0 Å². The SMILES string of the molecule is COc1ccc2c(CC(=O)NCC3CCCCC3)coc2c1. The summed E-state index contributed by atoms with van der Waals surface area (Å²) in [5, 5.41) is 4.05. The Kier molecular flexibility index (Phi) is 4.66. The molecule has 1 saturated carbocycles. The van der Waals surface area contributed by atoms with Crippen molar-refractivity contribution >= 4 is 16.9 Å². The molecule has 22 heavy (non-hydrogen) atoms. The van der Waals surface area contributed by atoms with Crippen molar-refractivity contribution in [3.8, 4) is 5.75 Å². The van der Waals surface area contributed by atoms with Crippen LogP contribution in [-0.2, 0) is 11.2 Å². The fourth-order valence-electron chi connectivity index (χ4n) is 3.21. The molecule has 2 aromatic rings. The van der Waals surface area contributed by atoms with E-state index in [0.29, 0.717) is 12.3 Å². The Balaban J connectivity index is 1.59.